The molecule has 2 N–H and O–H groups in total. The number of carbonyl (C=O) groups is 3. The van der Waals surface area contributed by atoms with E-state index >= 15 is 0 Å². The van der Waals surface area contributed by atoms with Crippen LogP contribution in [0.1, 0.15) is 27.3 Å². The number of rotatable bonds is 6. The number of hydrogen-bond acceptors (Lipinski definition) is 5. The Labute approximate surface area is 160 Å². The minimum absolute atomic E-state index is 0.223. The third kappa shape index (κ3) is 2.79. The van der Waals surface area contributed by atoms with Gasteiger partial charge in [-0.2, -0.15) is 5.10 Å². The zero-order valence-electron chi connectivity index (χ0n) is 15.2. The van der Waals surface area contributed by atoms with Gasteiger partial charge in [0.05, 0.1) is 23.9 Å². The third-order valence-corrected chi connectivity index (χ3v) is 4.82. The van der Waals surface area contributed by atoms with Crippen molar-refractivity contribution in [1.29, 1.82) is 0 Å². The predicted molar refractivity (Wildman–Crippen MR) is 103 cm³/mol. The summed E-state index contributed by atoms with van der Waals surface area (Å²) in [5.74, 6) is -1.14. The second kappa shape index (κ2) is 6.80. The molecule has 2 amide bonds. The standard InChI is InChI=1S/C20H18N4O4/c1-28-12-7-8-15-14(11-12)18(25)20(27)23(15)9-4-10-24-16-6-3-2-5-13(16)17(22-24)19(21)26/h2-3,5-8,11H,4,9-10H2,1H3,(H2,21,26). The topological polar surface area (TPSA) is 108 Å². The van der Waals surface area contributed by atoms with Crippen LogP contribution in [0.25, 0.3) is 10.9 Å². The summed E-state index contributed by atoms with van der Waals surface area (Å²) in [6.45, 7) is 0.821. The highest BCUT2D eigenvalue weighted by Gasteiger charge is 2.35. The first-order valence-corrected chi connectivity index (χ1v) is 8.81. The van der Waals surface area contributed by atoms with Gasteiger partial charge in [-0.05, 0) is 30.7 Å². The van der Waals surface area contributed by atoms with Gasteiger partial charge in [0.2, 0.25) is 0 Å². The van der Waals surface area contributed by atoms with Crippen LogP contribution in [-0.4, -0.2) is 41.0 Å². The van der Waals surface area contributed by atoms with E-state index in [2.05, 4.69) is 5.10 Å². The van der Waals surface area contributed by atoms with E-state index in [4.69, 9.17) is 10.5 Å². The van der Waals surface area contributed by atoms with Gasteiger partial charge in [-0.15, -0.1) is 0 Å². The highest BCUT2D eigenvalue weighted by Crippen LogP contribution is 2.32. The summed E-state index contributed by atoms with van der Waals surface area (Å²) < 4.78 is 6.83. The average molecular weight is 378 g/mol. The van der Waals surface area contributed by atoms with Crippen LogP contribution < -0.4 is 15.4 Å². The maximum Gasteiger partial charge on any atom is 0.299 e. The Kier molecular flexibility index (Phi) is 4.31. The van der Waals surface area contributed by atoms with Crippen molar-refractivity contribution < 1.29 is 19.1 Å². The van der Waals surface area contributed by atoms with Gasteiger partial charge in [-0.25, -0.2) is 0 Å². The number of benzene rings is 2. The lowest BCUT2D eigenvalue weighted by Crippen LogP contribution is -2.31. The Morgan fingerprint density at radius 1 is 1.14 bits per heavy atom. The normalized spacial score (nSPS) is 13.2. The molecular formula is C20H18N4O4. The number of para-hydroxylation sites is 1. The van der Waals surface area contributed by atoms with Crippen LogP contribution in [0.5, 0.6) is 5.75 Å². The monoisotopic (exact) mass is 378 g/mol. The fraction of sp³-hybridized carbons (Fsp3) is 0.200. The molecule has 3 aromatic rings. The van der Waals surface area contributed by atoms with Crippen LogP contribution in [-0.2, 0) is 11.3 Å². The average Bonchev–Trinajstić information content (AvgIpc) is 3.19. The number of ether oxygens (including phenoxy) is 1. The molecule has 0 saturated carbocycles. The minimum Gasteiger partial charge on any atom is -0.497 e. The number of Topliss-reactive ketones (excluding diaryl/α,β-unsaturated/α-hetero) is 1. The van der Waals surface area contributed by atoms with Gasteiger partial charge >= 0.3 is 0 Å². The molecular weight excluding hydrogens is 360 g/mol. The first kappa shape index (κ1) is 17.7. The fourth-order valence-electron chi connectivity index (χ4n) is 3.49. The van der Waals surface area contributed by atoms with Crippen molar-refractivity contribution in [2.75, 3.05) is 18.6 Å². The van der Waals surface area contributed by atoms with Gasteiger partial charge in [0.1, 0.15) is 5.75 Å². The zero-order valence-corrected chi connectivity index (χ0v) is 15.2. The maximum absolute atomic E-state index is 12.4. The van der Waals surface area contributed by atoms with Crippen molar-refractivity contribution in [2.24, 2.45) is 5.73 Å². The van der Waals surface area contributed by atoms with Gasteiger partial charge in [-0.3, -0.25) is 19.1 Å². The molecule has 0 aliphatic carbocycles. The number of carbonyl (C=O) groups excluding carboxylic acids is 3. The molecule has 1 aromatic heterocycles. The molecule has 0 unspecified atom stereocenters. The summed E-state index contributed by atoms with van der Waals surface area (Å²) in [7, 11) is 1.51. The van der Waals surface area contributed by atoms with Crippen molar-refractivity contribution in [3.8, 4) is 5.75 Å². The molecule has 1 aliphatic rings. The minimum atomic E-state index is -0.585. The van der Waals surface area contributed by atoms with E-state index in [0.29, 0.717) is 41.9 Å². The number of anilines is 1. The molecule has 8 nitrogen and oxygen atoms in total. The number of amides is 2. The quantitative estimate of drug-likeness (QED) is 0.658. The number of primary amides is 1. The van der Waals surface area contributed by atoms with Crippen LogP contribution in [0.3, 0.4) is 0 Å². The van der Waals surface area contributed by atoms with Crippen molar-refractivity contribution in [3.05, 3.63) is 53.7 Å². The lowest BCUT2D eigenvalue weighted by atomic mass is 10.1. The summed E-state index contributed by atoms with van der Waals surface area (Å²) >= 11 is 0. The Hall–Kier alpha value is -3.68. The maximum atomic E-state index is 12.4. The van der Waals surface area contributed by atoms with Gasteiger partial charge in [0.25, 0.3) is 17.6 Å². The van der Waals surface area contributed by atoms with Gasteiger partial charge in [-0.1, -0.05) is 18.2 Å². The number of aromatic nitrogens is 2. The molecule has 0 saturated heterocycles. The molecule has 0 fully saturated rings. The first-order chi connectivity index (χ1) is 13.5. The Balaban J connectivity index is 1.54. The molecule has 0 bridgehead atoms. The number of ketones is 1. The molecule has 4 rings (SSSR count). The van der Waals surface area contributed by atoms with Gasteiger partial charge in [0.15, 0.2) is 5.69 Å². The molecule has 28 heavy (non-hydrogen) atoms. The second-order valence-corrected chi connectivity index (χ2v) is 6.48. The van der Waals surface area contributed by atoms with Crippen molar-refractivity contribution in [3.63, 3.8) is 0 Å². The second-order valence-electron chi connectivity index (χ2n) is 6.48. The zero-order chi connectivity index (χ0) is 19.8. The third-order valence-electron chi connectivity index (χ3n) is 4.82. The molecule has 0 spiro atoms. The van der Waals surface area contributed by atoms with E-state index < -0.39 is 17.6 Å². The number of nitrogens with two attached hydrogens (primary N) is 1. The van der Waals surface area contributed by atoms with E-state index in [1.54, 1.807) is 28.9 Å². The van der Waals surface area contributed by atoms with Crippen LogP contribution in [0.4, 0.5) is 5.69 Å². The number of nitrogens with zero attached hydrogens (tertiary/aromatic N) is 3. The summed E-state index contributed by atoms with van der Waals surface area (Å²) in [4.78, 5) is 37.7. The summed E-state index contributed by atoms with van der Waals surface area (Å²) in [6.07, 6.45) is 0.550. The van der Waals surface area contributed by atoms with Crippen LogP contribution in [0, 0.1) is 0 Å². The van der Waals surface area contributed by atoms with Crippen molar-refractivity contribution in [1.82, 2.24) is 9.78 Å². The summed E-state index contributed by atoms with van der Waals surface area (Å²) in [5.41, 5.74) is 7.37. The Bertz CT molecular complexity index is 1120. The molecule has 142 valence electrons. The number of fused-ring (bicyclic) bond motifs is 2. The Morgan fingerprint density at radius 2 is 1.93 bits per heavy atom. The number of methoxy groups -OCH3 is 1. The first-order valence-electron chi connectivity index (χ1n) is 8.81. The fourth-order valence-corrected chi connectivity index (χ4v) is 3.49. The number of hydrogen-bond donors (Lipinski definition) is 1. The lowest BCUT2D eigenvalue weighted by molar-refractivity contribution is -0.114. The van der Waals surface area contributed by atoms with Gasteiger partial charge in [0, 0.05) is 18.5 Å². The predicted octanol–water partition coefficient (Wildman–Crippen LogP) is 1.76. The van der Waals surface area contributed by atoms with E-state index in [9.17, 15) is 14.4 Å². The van der Waals surface area contributed by atoms with E-state index in [0.717, 1.165) is 5.52 Å². The van der Waals surface area contributed by atoms with E-state index in [1.807, 2.05) is 18.2 Å². The van der Waals surface area contributed by atoms with Gasteiger partial charge < -0.3 is 15.4 Å². The summed E-state index contributed by atoms with van der Waals surface area (Å²) in [5, 5.41) is 5.00. The molecule has 1 aliphatic heterocycles. The van der Waals surface area contributed by atoms with E-state index in [1.165, 1.54) is 12.0 Å². The molecule has 2 aromatic carbocycles. The molecule has 0 atom stereocenters. The Morgan fingerprint density at radius 3 is 2.68 bits per heavy atom. The van der Waals surface area contributed by atoms with Crippen LogP contribution in [0.15, 0.2) is 42.5 Å². The number of aryl methyl sites for hydroxylation is 1. The van der Waals surface area contributed by atoms with Crippen LogP contribution in [0.2, 0.25) is 0 Å². The van der Waals surface area contributed by atoms with E-state index in [-0.39, 0.29) is 5.69 Å². The van der Waals surface area contributed by atoms with Crippen molar-refractivity contribution in [2.45, 2.75) is 13.0 Å². The van der Waals surface area contributed by atoms with Crippen molar-refractivity contribution >= 4 is 34.2 Å². The highest BCUT2D eigenvalue weighted by molar-refractivity contribution is 6.52. The molecule has 8 heteroatoms. The highest BCUT2D eigenvalue weighted by atomic mass is 16.5. The molecule has 0 radical (unpaired) electrons. The smallest absolute Gasteiger partial charge is 0.299 e. The largest absolute Gasteiger partial charge is 0.497 e. The lowest BCUT2D eigenvalue weighted by Gasteiger charge is -2.16. The molecule has 2 heterocycles. The SMILES string of the molecule is COc1ccc2c(c1)C(=O)C(=O)N2CCCn1nc(C(N)=O)c2ccccc21. The van der Waals surface area contributed by atoms with Crippen LogP contribution >= 0.6 is 0 Å². The summed E-state index contributed by atoms with van der Waals surface area (Å²) in [6, 6.07) is 12.4.